The molecule has 1 saturated heterocycles. The van der Waals surface area contributed by atoms with Gasteiger partial charge in [-0.25, -0.2) is 4.79 Å². The van der Waals surface area contributed by atoms with Crippen LogP contribution >= 0.6 is 0 Å². The molecule has 1 fully saturated rings. The number of urea groups is 1. The number of aromatic nitrogens is 1. The Balaban J connectivity index is 2.10. The molecule has 21 heavy (non-hydrogen) atoms. The van der Waals surface area contributed by atoms with Crippen LogP contribution < -0.4 is 5.32 Å². The number of carbonyl (C=O) groups is 1. The van der Waals surface area contributed by atoms with Gasteiger partial charge < -0.3 is 14.7 Å². The third kappa shape index (κ3) is 3.99. The van der Waals surface area contributed by atoms with E-state index in [2.05, 4.69) is 24.3 Å². The molecule has 0 saturated carbocycles. The fourth-order valence-corrected chi connectivity index (χ4v) is 3.07. The summed E-state index contributed by atoms with van der Waals surface area (Å²) in [5, 5.41) is 6.88. The molecule has 118 valence electrons. The summed E-state index contributed by atoms with van der Waals surface area (Å²) in [6, 6.07) is 0.324. The zero-order valence-corrected chi connectivity index (χ0v) is 13.6. The van der Waals surface area contributed by atoms with Gasteiger partial charge in [-0.3, -0.25) is 0 Å². The van der Waals surface area contributed by atoms with Gasteiger partial charge >= 0.3 is 6.03 Å². The molecule has 2 heterocycles. The number of likely N-dealkylation sites (tertiary alicyclic amines) is 1. The van der Waals surface area contributed by atoms with Gasteiger partial charge in [-0.05, 0) is 39.0 Å². The minimum absolute atomic E-state index is 0.0167. The molecule has 1 aliphatic heterocycles. The molecule has 2 rings (SSSR count). The lowest BCUT2D eigenvalue weighted by molar-refractivity contribution is 0.178. The fraction of sp³-hybridized carbons (Fsp3) is 0.750. The Hall–Kier alpha value is -1.52. The maximum Gasteiger partial charge on any atom is 0.322 e. The fourth-order valence-electron chi connectivity index (χ4n) is 3.07. The number of hydrogen-bond acceptors (Lipinski definition) is 3. The molecule has 5 heteroatoms. The molecule has 1 unspecified atom stereocenters. The number of anilines is 1. The zero-order chi connectivity index (χ0) is 15.4. The predicted molar refractivity (Wildman–Crippen MR) is 83.4 cm³/mol. The molecule has 1 aromatic heterocycles. The molecule has 1 aromatic rings. The Labute approximate surface area is 127 Å². The normalized spacial score (nSPS) is 19.7. The van der Waals surface area contributed by atoms with E-state index < -0.39 is 0 Å². The van der Waals surface area contributed by atoms with Crippen LogP contribution in [0.4, 0.5) is 10.5 Å². The molecular formula is C16H27N3O2. The first-order valence-electron chi connectivity index (χ1n) is 7.99. The van der Waals surface area contributed by atoms with Crippen LogP contribution in [0.3, 0.4) is 0 Å². The Morgan fingerprint density at radius 2 is 2.14 bits per heavy atom. The smallest absolute Gasteiger partial charge is 0.322 e. The average molecular weight is 293 g/mol. The van der Waals surface area contributed by atoms with Crippen molar-refractivity contribution in [1.29, 1.82) is 0 Å². The lowest BCUT2D eigenvalue weighted by Gasteiger charge is -2.31. The monoisotopic (exact) mass is 293 g/mol. The van der Waals surface area contributed by atoms with Gasteiger partial charge in [0.25, 0.3) is 0 Å². The minimum Gasteiger partial charge on any atom is -0.359 e. The van der Waals surface area contributed by atoms with E-state index in [-0.39, 0.29) is 6.03 Å². The Kier molecular flexibility index (Phi) is 5.26. The predicted octanol–water partition coefficient (Wildman–Crippen LogP) is 4.11. The van der Waals surface area contributed by atoms with Crippen LogP contribution in [0, 0.1) is 19.8 Å². The van der Waals surface area contributed by atoms with Crippen molar-refractivity contribution in [2.24, 2.45) is 5.92 Å². The van der Waals surface area contributed by atoms with Gasteiger partial charge in [0.1, 0.15) is 11.4 Å². The van der Waals surface area contributed by atoms with Gasteiger partial charge in [0, 0.05) is 12.6 Å². The molecule has 1 N–H and O–H groups in total. The summed E-state index contributed by atoms with van der Waals surface area (Å²) in [6.07, 6.45) is 5.68. The van der Waals surface area contributed by atoms with Crippen molar-refractivity contribution < 1.29 is 9.32 Å². The molecule has 2 amide bonds. The maximum absolute atomic E-state index is 12.7. The number of carbonyl (C=O) groups excluding carboxylic acids is 1. The van der Waals surface area contributed by atoms with E-state index in [1.54, 1.807) is 0 Å². The number of hydrogen-bond donors (Lipinski definition) is 1. The van der Waals surface area contributed by atoms with Crippen LogP contribution in [-0.4, -0.2) is 28.7 Å². The third-order valence-corrected chi connectivity index (χ3v) is 4.15. The largest absolute Gasteiger partial charge is 0.359 e. The second-order valence-corrected chi connectivity index (χ2v) is 6.46. The summed E-state index contributed by atoms with van der Waals surface area (Å²) in [4.78, 5) is 14.7. The van der Waals surface area contributed by atoms with E-state index >= 15 is 0 Å². The summed E-state index contributed by atoms with van der Waals surface area (Å²) < 4.78 is 5.12. The summed E-state index contributed by atoms with van der Waals surface area (Å²) in [5.41, 5.74) is 1.45. The molecule has 1 atom stereocenters. The number of nitrogens with one attached hydrogen (secondary N) is 1. The van der Waals surface area contributed by atoms with E-state index in [4.69, 9.17) is 4.52 Å². The molecule has 0 spiro atoms. The summed E-state index contributed by atoms with van der Waals surface area (Å²) >= 11 is 0. The van der Waals surface area contributed by atoms with Gasteiger partial charge in [-0.15, -0.1) is 0 Å². The average Bonchev–Trinajstić information content (AvgIpc) is 2.65. The van der Waals surface area contributed by atoms with Crippen LogP contribution in [0.1, 0.15) is 57.4 Å². The van der Waals surface area contributed by atoms with Crippen molar-refractivity contribution in [3.05, 3.63) is 11.5 Å². The Morgan fingerprint density at radius 3 is 2.76 bits per heavy atom. The van der Waals surface area contributed by atoms with Gasteiger partial charge in [-0.2, -0.15) is 0 Å². The highest BCUT2D eigenvalue weighted by Crippen LogP contribution is 2.25. The molecular weight excluding hydrogens is 266 g/mol. The van der Waals surface area contributed by atoms with Crippen LogP contribution in [-0.2, 0) is 0 Å². The summed E-state index contributed by atoms with van der Waals surface area (Å²) in [7, 11) is 0. The topological polar surface area (TPSA) is 58.4 Å². The SMILES string of the molecule is Cc1noc(C)c1NC(=O)N1CCCCCC1CC(C)C. The van der Waals surface area contributed by atoms with Crippen LogP contribution in [0.2, 0.25) is 0 Å². The van der Waals surface area contributed by atoms with Crippen molar-refractivity contribution in [3.63, 3.8) is 0 Å². The van der Waals surface area contributed by atoms with Crippen molar-refractivity contribution >= 4 is 11.7 Å². The van der Waals surface area contributed by atoms with Gasteiger partial charge in [0.15, 0.2) is 5.76 Å². The van der Waals surface area contributed by atoms with E-state index in [1.807, 2.05) is 18.7 Å². The molecule has 1 aliphatic rings. The van der Waals surface area contributed by atoms with Crippen LogP contribution in [0.25, 0.3) is 0 Å². The van der Waals surface area contributed by atoms with E-state index in [1.165, 1.54) is 12.8 Å². The number of aryl methyl sites for hydroxylation is 2. The van der Waals surface area contributed by atoms with Crippen molar-refractivity contribution in [3.8, 4) is 0 Å². The summed E-state index contributed by atoms with van der Waals surface area (Å²) in [6.45, 7) is 8.95. The highest BCUT2D eigenvalue weighted by molar-refractivity contribution is 5.90. The van der Waals surface area contributed by atoms with Crippen LogP contribution in [0.15, 0.2) is 4.52 Å². The van der Waals surface area contributed by atoms with E-state index in [9.17, 15) is 4.79 Å². The van der Waals surface area contributed by atoms with Gasteiger partial charge in [-0.1, -0.05) is 31.8 Å². The zero-order valence-electron chi connectivity index (χ0n) is 13.6. The lowest BCUT2D eigenvalue weighted by Crippen LogP contribution is -2.43. The van der Waals surface area contributed by atoms with Gasteiger partial charge in [0.2, 0.25) is 0 Å². The third-order valence-electron chi connectivity index (χ3n) is 4.15. The molecule has 0 aromatic carbocycles. The van der Waals surface area contributed by atoms with E-state index in [0.717, 1.165) is 31.5 Å². The first-order chi connectivity index (χ1) is 9.99. The molecule has 5 nitrogen and oxygen atoms in total. The number of amides is 2. The Bertz CT molecular complexity index is 462. The highest BCUT2D eigenvalue weighted by atomic mass is 16.5. The lowest BCUT2D eigenvalue weighted by atomic mass is 9.99. The first kappa shape index (κ1) is 15.9. The second kappa shape index (κ2) is 6.96. The van der Waals surface area contributed by atoms with Gasteiger partial charge in [0.05, 0.1) is 0 Å². The second-order valence-electron chi connectivity index (χ2n) is 6.46. The first-order valence-corrected chi connectivity index (χ1v) is 7.99. The molecule has 0 radical (unpaired) electrons. The quantitative estimate of drug-likeness (QED) is 0.912. The maximum atomic E-state index is 12.7. The highest BCUT2D eigenvalue weighted by Gasteiger charge is 2.27. The molecule has 0 aliphatic carbocycles. The minimum atomic E-state index is -0.0167. The van der Waals surface area contributed by atoms with Crippen molar-refractivity contribution in [2.75, 3.05) is 11.9 Å². The van der Waals surface area contributed by atoms with E-state index in [0.29, 0.717) is 23.4 Å². The van der Waals surface area contributed by atoms with Crippen LogP contribution in [0.5, 0.6) is 0 Å². The van der Waals surface area contributed by atoms with Crippen molar-refractivity contribution in [1.82, 2.24) is 10.1 Å². The molecule has 0 bridgehead atoms. The van der Waals surface area contributed by atoms with Crippen molar-refractivity contribution in [2.45, 2.75) is 65.8 Å². The standard InChI is InChI=1S/C16H27N3O2/c1-11(2)10-14-8-6-5-7-9-19(14)16(20)17-15-12(3)18-21-13(15)4/h11,14H,5-10H2,1-4H3,(H,17,20). The number of nitrogens with zero attached hydrogens (tertiary/aromatic N) is 2. The summed E-state index contributed by atoms with van der Waals surface area (Å²) in [5.74, 6) is 1.26. The number of rotatable bonds is 3. The Morgan fingerprint density at radius 1 is 1.38 bits per heavy atom.